The van der Waals surface area contributed by atoms with Gasteiger partial charge in [0.2, 0.25) is 0 Å². The molecule has 1 heterocycles. The van der Waals surface area contributed by atoms with Gasteiger partial charge in [-0.3, -0.25) is 0 Å². The number of halogens is 1. The zero-order valence-corrected chi connectivity index (χ0v) is 13.5. The van der Waals surface area contributed by atoms with Gasteiger partial charge in [0.25, 0.3) is 0 Å². The first kappa shape index (κ1) is 14.1. The van der Waals surface area contributed by atoms with Crippen LogP contribution < -0.4 is 4.74 Å². The first-order valence-electron chi connectivity index (χ1n) is 6.55. The van der Waals surface area contributed by atoms with Crippen molar-refractivity contribution in [3.63, 3.8) is 0 Å². The molecule has 1 fully saturated rings. The zero-order chi connectivity index (χ0) is 13.2. The van der Waals surface area contributed by atoms with Crippen molar-refractivity contribution in [3.05, 3.63) is 27.3 Å². The Morgan fingerprint density at radius 1 is 1.28 bits per heavy atom. The molecule has 0 aliphatic carbocycles. The van der Waals surface area contributed by atoms with Gasteiger partial charge in [-0.2, -0.15) is 0 Å². The molecular formula is C15H21IO2. The summed E-state index contributed by atoms with van der Waals surface area (Å²) < 4.78 is 12.7. The maximum absolute atomic E-state index is 5.92. The molecule has 0 amide bonds. The van der Waals surface area contributed by atoms with Crippen LogP contribution in [0.5, 0.6) is 5.75 Å². The van der Waals surface area contributed by atoms with Crippen LogP contribution in [0.2, 0.25) is 0 Å². The van der Waals surface area contributed by atoms with Gasteiger partial charge in [-0.1, -0.05) is 26.8 Å². The molecule has 2 rings (SSSR count). The van der Waals surface area contributed by atoms with E-state index in [1.165, 1.54) is 12.0 Å². The molecule has 1 saturated heterocycles. The van der Waals surface area contributed by atoms with E-state index < -0.39 is 0 Å². The normalized spacial score (nSPS) is 20.8. The minimum absolute atomic E-state index is 0.0623. The summed E-state index contributed by atoms with van der Waals surface area (Å²) in [5.41, 5.74) is 1.52. The summed E-state index contributed by atoms with van der Waals surface area (Å²) in [7, 11) is 0. The predicted octanol–water partition coefficient (Wildman–Crippen LogP) is 4.49. The summed E-state index contributed by atoms with van der Waals surface area (Å²) in [5, 5.41) is 0. The van der Waals surface area contributed by atoms with Crippen molar-refractivity contribution in [2.45, 2.75) is 51.7 Å². The second-order valence-electron chi connectivity index (χ2n) is 5.81. The molecule has 0 spiro atoms. The highest BCUT2D eigenvalue weighted by Crippen LogP contribution is 2.30. The maximum atomic E-state index is 5.92. The standard InChI is InChI=1S/C15H21IO2/c1-15(2,3)11-7-8-13(12(16)10-11)18-14-6-4-5-9-17-14/h7-8,10,14H,4-6,9H2,1-3H3. The minimum atomic E-state index is -0.0623. The third-order valence-corrected chi connectivity index (χ3v) is 4.04. The molecule has 3 heteroatoms. The average Bonchev–Trinajstić information content (AvgIpc) is 2.32. The first-order chi connectivity index (χ1) is 8.47. The largest absolute Gasteiger partial charge is 0.464 e. The Morgan fingerprint density at radius 2 is 2.06 bits per heavy atom. The van der Waals surface area contributed by atoms with Crippen molar-refractivity contribution in [2.24, 2.45) is 0 Å². The van der Waals surface area contributed by atoms with Crippen LogP contribution in [-0.2, 0) is 10.2 Å². The van der Waals surface area contributed by atoms with Crippen molar-refractivity contribution in [1.29, 1.82) is 0 Å². The van der Waals surface area contributed by atoms with Gasteiger partial charge in [-0.25, -0.2) is 0 Å². The van der Waals surface area contributed by atoms with E-state index in [4.69, 9.17) is 9.47 Å². The highest BCUT2D eigenvalue weighted by atomic mass is 127. The highest BCUT2D eigenvalue weighted by Gasteiger charge is 2.18. The molecule has 1 aliphatic heterocycles. The third kappa shape index (κ3) is 3.60. The van der Waals surface area contributed by atoms with Crippen LogP contribution in [0.4, 0.5) is 0 Å². The Hall–Kier alpha value is -0.290. The van der Waals surface area contributed by atoms with Gasteiger partial charge in [0, 0.05) is 6.42 Å². The number of hydrogen-bond donors (Lipinski definition) is 0. The fourth-order valence-electron chi connectivity index (χ4n) is 2.01. The van der Waals surface area contributed by atoms with Crippen LogP contribution in [0.1, 0.15) is 45.6 Å². The van der Waals surface area contributed by atoms with Gasteiger partial charge in [-0.05, 0) is 58.5 Å². The van der Waals surface area contributed by atoms with Gasteiger partial charge in [0.1, 0.15) is 5.75 Å². The Labute approximate surface area is 123 Å². The van der Waals surface area contributed by atoms with E-state index in [9.17, 15) is 0 Å². The minimum Gasteiger partial charge on any atom is -0.464 e. The molecule has 0 N–H and O–H groups in total. The molecular weight excluding hydrogens is 339 g/mol. The summed E-state index contributed by atoms with van der Waals surface area (Å²) >= 11 is 2.34. The lowest BCUT2D eigenvalue weighted by molar-refractivity contribution is -0.106. The molecule has 100 valence electrons. The summed E-state index contributed by atoms with van der Waals surface area (Å²) in [4.78, 5) is 0. The van der Waals surface area contributed by atoms with Gasteiger partial charge >= 0.3 is 0 Å². The second-order valence-corrected chi connectivity index (χ2v) is 6.97. The van der Waals surface area contributed by atoms with Crippen LogP contribution in [0.25, 0.3) is 0 Å². The van der Waals surface area contributed by atoms with Gasteiger partial charge in [-0.15, -0.1) is 0 Å². The van der Waals surface area contributed by atoms with E-state index in [0.29, 0.717) is 0 Å². The van der Waals surface area contributed by atoms with Crippen LogP contribution in [-0.4, -0.2) is 12.9 Å². The fraction of sp³-hybridized carbons (Fsp3) is 0.600. The summed E-state index contributed by atoms with van der Waals surface area (Å²) in [6.45, 7) is 7.50. The fourth-order valence-corrected chi connectivity index (χ4v) is 2.65. The van der Waals surface area contributed by atoms with Crippen LogP contribution in [0, 0.1) is 3.57 Å². The number of benzene rings is 1. The molecule has 1 atom stereocenters. The molecule has 0 aromatic heterocycles. The number of ether oxygens (including phenoxy) is 2. The number of hydrogen-bond acceptors (Lipinski definition) is 2. The van der Waals surface area contributed by atoms with Crippen molar-refractivity contribution in [1.82, 2.24) is 0 Å². The molecule has 0 radical (unpaired) electrons. The summed E-state index contributed by atoms with van der Waals surface area (Å²) in [6, 6.07) is 6.43. The van der Waals surface area contributed by atoms with Gasteiger partial charge in [0.05, 0.1) is 10.2 Å². The van der Waals surface area contributed by atoms with Crippen molar-refractivity contribution in [2.75, 3.05) is 6.61 Å². The van der Waals surface area contributed by atoms with Crippen LogP contribution in [0.15, 0.2) is 18.2 Å². The lowest BCUT2D eigenvalue weighted by Crippen LogP contribution is -2.25. The topological polar surface area (TPSA) is 18.5 Å². The predicted molar refractivity (Wildman–Crippen MR) is 82.1 cm³/mol. The first-order valence-corrected chi connectivity index (χ1v) is 7.63. The second kappa shape index (κ2) is 5.78. The molecule has 0 bridgehead atoms. The Bertz CT molecular complexity index is 403. The average molecular weight is 360 g/mol. The molecule has 0 saturated carbocycles. The van der Waals surface area contributed by atoms with E-state index in [0.717, 1.165) is 28.8 Å². The molecule has 2 nitrogen and oxygen atoms in total. The van der Waals surface area contributed by atoms with E-state index in [1.807, 2.05) is 0 Å². The van der Waals surface area contributed by atoms with Crippen LogP contribution >= 0.6 is 22.6 Å². The molecule has 1 aliphatic rings. The van der Waals surface area contributed by atoms with Crippen molar-refractivity contribution >= 4 is 22.6 Å². The van der Waals surface area contributed by atoms with E-state index in [2.05, 4.69) is 61.6 Å². The molecule has 1 aromatic carbocycles. The van der Waals surface area contributed by atoms with E-state index >= 15 is 0 Å². The lowest BCUT2D eigenvalue weighted by Gasteiger charge is -2.25. The third-order valence-electron chi connectivity index (χ3n) is 3.19. The SMILES string of the molecule is CC(C)(C)c1ccc(OC2CCCCO2)c(I)c1. The number of rotatable bonds is 2. The molecule has 18 heavy (non-hydrogen) atoms. The molecule has 1 unspecified atom stereocenters. The van der Waals surface area contributed by atoms with Crippen molar-refractivity contribution < 1.29 is 9.47 Å². The van der Waals surface area contributed by atoms with E-state index in [1.54, 1.807) is 0 Å². The monoisotopic (exact) mass is 360 g/mol. The van der Waals surface area contributed by atoms with Crippen LogP contribution in [0.3, 0.4) is 0 Å². The summed E-state index contributed by atoms with van der Waals surface area (Å²) in [5.74, 6) is 0.940. The smallest absolute Gasteiger partial charge is 0.199 e. The Balaban J connectivity index is 2.09. The Morgan fingerprint density at radius 3 is 2.61 bits per heavy atom. The highest BCUT2D eigenvalue weighted by molar-refractivity contribution is 14.1. The van der Waals surface area contributed by atoms with Gasteiger partial charge in [0.15, 0.2) is 6.29 Å². The zero-order valence-electron chi connectivity index (χ0n) is 11.3. The van der Waals surface area contributed by atoms with E-state index in [-0.39, 0.29) is 11.7 Å². The Kier molecular flexibility index (Phi) is 4.54. The van der Waals surface area contributed by atoms with Crippen molar-refractivity contribution in [3.8, 4) is 5.75 Å². The molecule has 1 aromatic rings. The quantitative estimate of drug-likeness (QED) is 0.724. The summed E-state index contributed by atoms with van der Waals surface area (Å²) in [6.07, 6.45) is 3.28. The maximum Gasteiger partial charge on any atom is 0.199 e. The lowest BCUT2D eigenvalue weighted by atomic mass is 9.87. The van der Waals surface area contributed by atoms with Gasteiger partial charge < -0.3 is 9.47 Å².